The molecule has 0 aliphatic rings. The fourth-order valence-corrected chi connectivity index (χ4v) is 3.18. The summed E-state index contributed by atoms with van der Waals surface area (Å²) < 4.78 is 5.68. The summed E-state index contributed by atoms with van der Waals surface area (Å²) in [5, 5.41) is 12.5. The Kier molecular flexibility index (Phi) is 8.39. The second-order valence-corrected chi connectivity index (χ2v) is 7.06. The summed E-state index contributed by atoms with van der Waals surface area (Å²) in [5.41, 5.74) is 1.32. The summed E-state index contributed by atoms with van der Waals surface area (Å²) in [7, 11) is 0. The van der Waals surface area contributed by atoms with Gasteiger partial charge in [0.1, 0.15) is 10.8 Å². The van der Waals surface area contributed by atoms with E-state index in [1.807, 2.05) is 12.1 Å². The van der Waals surface area contributed by atoms with E-state index in [-0.39, 0.29) is 5.91 Å². The molecule has 0 saturated heterocycles. The van der Waals surface area contributed by atoms with Gasteiger partial charge in [0, 0.05) is 12.8 Å². The molecule has 2 aromatic rings. The highest BCUT2D eigenvalue weighted by Crippen LogP contribution is 2.17. The van der Waals surface area contributed by atoms with Gasteiger partial charge in [0.25, 0.3) is 0 Å². The number of hydrogen-bond acceptors (Lipinski definition) is 5. The third-order valence-electron chi connectivity index (χ3n) is 3.74. The molecular weight excluding hydrogens is 334 g/mol. The third-order valence-corrected chi connectivity index (χ3v) is 4.63. The number of carbonyl (C=O) groups is 1. The zero-order valence-electron chi connectivity index (χ0n) is 15.1. The monoisotopic (exact) mass is 361 g/mol. The number of anilines is 1. The van der Waals surface area contributed by atoms with E-state index in [9.17, 15) is 4.79 Å². The number of amides is 1. The molecule has 1 amide bonds. The Morgan fingerprint density at radius 3 is 2.60 bits per heavy atom. The van der Waals surface area contributed by atoms with Crippen LogP contribution in [-0.4, -0.2) is 22.7 Å². The van der Waals surface area contributed by atoms with Gasteiger partial charge in [-0.25, -0.2) is 0 Å². The first-order chi connectivity index (χ1) is 12.2. The molecule has 1 heterocycles. The van der Waals surface area contributed by atoms with E-state index < -0.39 is 0 Å². The first kappa shape index (κ1) is 19.4. The average Bonchev–Trinajstić information content (AvgIpc) is 3.06. The van der Waals surface area contributed by atoms with Crippen LogP contribution in [0.3, 0.4) is 0 Å². The Balaban J connectivity index is 1.64. The summed E-state index contributed by atoms with van der Waals surface area (Å²) in [6, 6.07) is 8.17. The lowest BCUT2D eigenvalue weighted by Gasteiger charge is -2.07. The highest BCUT2D eigenvalue weighted by atomic mass is 32.1. The molecule has 2 rings (SSSR count). The van der Waals surface area contributed by atoms with Crippen molar-refractivity contribution in [1.82, 2.24) is 10.2 Å². The number of nitrogens with zero attached hydrogens (tertiary/aromatic N) is 2. The van der Waals surface area contributed by atoms with E-state index >= 15 is 0 Å². The second kappa shape index (κ2) is 10.8. The van der Waals surface area contributed by atoms with E-state index in [0.29, 0.717) is 24.6 Å². The van der Waals surface area contributed by atoms with Crippen LogP contribution >= 0.6 is 11.3 Å². The molecule has 0 unspecified atom stereocenters. The van der Waals surface area contributed by atoms with Crippen LogP contribution in [0, 0.1) is 0 Å². The lowest BCUT2D eigenvalue weighted by atomic mass is 10.1. The van der Waals surface area contributed by atoms with Gasteiger partial charge >= 0.3 is 0 Å². The lowest BCUT2D eigenvalue weighted by molar-refractivity contribution is -0.116. The van der Waals surface area contributed by atoms with Gasteiger partial charge in [-0.15, -0.1) is 10.2 Å². The maximum atomic E-state index is 11.9. The van der Waals surface area contributed by atoms with E-state index in [1.165, 1.54) is 16.9 Å². The number of nitrogens with one attached hydrogen (secondary N) is 1. The van der Waals surface area contributed by atoms with Crippen LogP contribution in [0.2, 0.25) is 0 Å². The second-order valence-electron chi connectivity index (χ2n) is 6.00. The van der Waals surface area contributed by atoms with Gasteiger partial charge in [-0.1, -0.05) is 50.2 Å². The number of unbranched alkanes of at least 4 members (excludes halogenated alkanes) is 1. The number of benzene rings is 1. The van der Waals surface area contributed by atoms with Gasteiger partial charge in [-0.3, -0.25) is 4.79 Å². The third kappa shape index (κ3) is 7.22. The van der Waals surface area contributed by atoms with Gasteiger partial charge in [0.05, 0.1) is 6.61 Å². The van der Waals surface area contributed by atoms with E-state index in [2.05, 4.69) is 41.5 Å². The van der Waals surface area contributed by atoms with Crippen LogP contribution in [0.25, 0.3) is 0 Å². The minimum absolute atomic E-state index is 0.0416. The topological polar surface area (TPSA) is 64.1 Å². The normalized spacial score (nSPS) is 10.6. The molecule has 5 nitrogen and oxygen atoms in total. The molecule has 1 N–H and O–H groups in total. The van der Waals surface area contributed by atoms with E-state index in [1.54, 1.807) is 0 Å². The average molecular weight is 362 g/mol. The van der Waals surface area contributed by atoms with Crippen LogP contribution in [0.1, 0.15) is 56.5 Å². The number of ether oxygens (including phenoxy) is 1. The smallest absolute Gasteiger partial charge is 0.226 e. The van der Waals surface area contributed by atoms with Crippen molar-refractivity contribution in [2.45, 2.75) is 58.8 Å². The molecule has 0 spiro atoms. The lowest BCUT2D eigenvalue weighted by Crippen LogP contribution is -2.12. The van der Waals surface area contributed by atoms with Crippen molar-refractivity contribution in [1.29, 1.82) is 0 Å². The SMILES string of the molecule is CCCCc1nnc(NC(=O)CCCOc2ccc(CCC)cc2)s1. The number of carbonyl (C=O) groups excluding carboxylic acids is 1. The number of aromatic nitrogens is 2. The minimum atomic E-state index is -0.0416. The van der Waals surface area contributed by atoms with E-state index in [4.69, 9.17) is 4.74 Å². The Labute approximate surface area is 153 Å². The highest BCUT2D eigenvalue weighted by molar-refractivity contribution is 7.15. The Bertz CT molecular complexity index is 640. The molecular formula is C19H27N3O2S. The number of rotatable bonds is 11. The van der Waals surface area contributed by atoms with Crippen LogP contribution in [0.15, 0.2) is 24.3 Å². The summed E-state index contributed by atoms with van der Waals surface area (Å²) in [6.07, 6.45) is 6.47. The molecule has 0 radical (unpaired) electrons. The van der Waals surface area contributed by atoms with Crippen molar-refractivity contribution in [3.63, 3.8) is 0 Å². The fraction of sp³-hybridized carbons (Fsp3) is 0.526. The molecule has 136 valence electrons. The molecule has 1 aromatic carbocycles. The zero-order valence-corrected chi connectivity index (χ0v) is 15.9. The van der Waals surface area contributed by atoms with Gasteiger partial charge in [-0.05, 0) is 37.0 Å². The van der Waals surface area contributed by atoms with Gasteiger partial charge < -0.3 is 10.1 Å². The largest absolute Gasteiger partial charge is 0.494 e. The van der Waals surface area contributed by atoms with Crippen LogP contribution in [0.5, 0.6) is 5.75 Å². The molecule has 1 aromatic heterocycles. The fourth-order valence-electron chi connectivity index (χ4n) is 2.38. The van der Waals surface area contributed by atoms with Crippen molar-refractivity contribution in [2.75, 3.05) is 11.9 Å². The van der Waals surface area contributed by atoms with Crippen LogP contribution < -0.4 is 10.1 Å². The maximum absolute atomic E-state index is 11.9. The van der Waals surface area contributed by atoms with Gasteiger partial charge in [0.15, 0.2) is 0 Å². The molecule has 0 aliphatic carbocycles. The molecule has 0 atom stereocenters. The predicted octanol–water partition coefficient (Wildman–Crippen LogP) is 4.63. The van der Waals surface area contributed by atoms with Crippen LogP contribution in [-0.2, 0) is 17.6 Å². The molecule has 6 heteroatoms. The summed E-state index contributed by atoms with van der Waals surface area (Å²) in [4.78, 5) is 11.9. The summed E-state index contributed by atoms with van der Waals surface area (Å²) >= 11 is 1.46. The highest BCUT2D eigenvalue weighted by Gasteiger charge is 2.08. The van der Waals surface area contributed by atoms with Crippen LogP contribution in [0.4, 0.5) is 5.13 Å². The zero-order chi connectivity index (χ0) is 17.9. The molecule has 0 saturated carbocycles. The first-order valence-corrected chi connectivity index (χ1v) is 9.87. The predicted molar refractivity (Wildman–Crippen MR) is 102 cm³/mol. The number of hydrogen-bond donors (Lipinski definition) is 1. The first-order valence-electron chi connectivity index (χ1n) is 9.05. The van der Waals surface area contributed by atoms with Crippen molar-refractivity contribution in [2.24, 2.45) is 0 Å². The van der Waals surface area contributed by atoms with Crippen molar-refractivity contribution < 1.29 is 9.53 Å². The van der Waals surface area contributed by atoms with Crippen molar-refractivity contribution >= 4 is 22.4 Å². The standard InChI is InChI=1S/C19H27N3O2S/c1-3-5-9-18-21-22-19(25-18)20-17(23)8-6-14-24-16-12-10-15(7-4-2)11-13-16/h10-13H,3-9,14H2,1-2H3,(H,20,22,23). The molecule has 25 heavy (non-hydrogen) atoms. The maximum Gasteiger partial charge on any atom is 0.226 e. The van der Waals surface area contributed by atoms with E-state index in [0.717, 1.165) is 42.9 Å². The minimum Gasteiger partial charge on any atom is -0.494 e. The summed E-state index contributed by atoms with van der Waals surface area (Å²) in [5.74, 6) is 0.810. The summed E-state index contributed by atoms with van der Waals surface area (Å²) in [6.45, 7) is 4.84. The van der Waals surface area contributed by atoms with Crippen molar-refractivity contribution in [3.05, 3.63) is 34.8 Å². The quantitative estimate of drug-likeness (QED) is 0.593. The molecule has 0 bridgehead atoms. The Morgan fingerprint density at radius 2 is 1.88 bits per heavy atom. The molecule has 0 aliphatic heterocycles. The number of aryl methyl sites for hydroxylation is 2. The van der Waals surface area contributed by atoms with Gasteiger partial charge in [-0.2, -0.15) is 0 Å². The van der Waals surface area contributed by atoms with Gasteiger partial charge in [0.2, 0.25) is 11.0 Å². The Morgan fingerprint density at radius 1 is 1.08 bits per heavy atom. The Hall–Kier alpha value is -1.95. The van der Waals surface area contributed by atoms with Crippen molar-refractivity contribution in [3.8, 4) is 5.75 Å². The molecule has 0 fully saturated rings.